The maximum absolute atomic E-state index is 13.2. The summed E-state index contributed by atoms with van der Waals surface area (Å²) >= 11 is 3.28. The van der Waals surface area contributed by atoms with E-state index in [1.54, 1.807) is 24.3 Å². The minimum atomic E-state index is -0.334. The summed E-state index contributed by atoms with van der Waals surface area (Å²) in [6.45, 7) is 2.43. The summed E-state index contributed by atoms with van der Waals surface area (Å²) in [7, 11) is 1.47. The van der Waals surface area contributed by atoms with Crippen LogP contribution in [-0.4, -0.2) is 59.7 Å². The number of ether oxygens (including phenoxy) is 2. The molecule has 0 aliphatic carbocycles. The Labute approximate surface area is 197 Å². The number of nitrogens with one attached hydrogen (secondary N) is 2. The van der Waals surface area contributed by atoms with Gasteiger partial charge in [0.05, 0.1) is 31.0 Å². The SMILES string of the molecule is COc1cc(C=NNc2nc(Nc3ccc(F)cc3)nc(N3CCOCC3)n2)cc(Br)c1O. The third-order valence-corrected chi connectivity index (χ3v) is 5.27. The van der Waals surface area contributed by atoms with E-state index in [2.05, 4.69) is 46.7 Å². The zero-order chi connectivity index (χ0) is 23.2. The number of benzene rings is 2. The Bertz CT molecular complexity index is 1140. The smallest absolute Gasteiger partial charge is 0.250 e. The average Bonchev–Trinajstić information content (AvgIpc) is 2.83. The van der Waals surface area contributed by atoms with Gasteiger partial charge in [-0.25, -0.2) is 9.82 Å². The Morgan fingerprint density at radius 2 is 1.88 bits per heavy atom. The van der Waals surface area contributed by atoms with Crippen LogP contribution in [0.2, 0.25) is 0 Å². The number of methoxy groups -OCH3 is 1. The van der Waals surface area contributed by atoms with Gasteiger partial charge in [-0.05, 0) is 57.9 Å². The van der Waals surface area contributed by atoms with E-state index in [0.29, 0.717) is 53.7 Å². The molecular formula is C21H21BrFN7O3. The van der Waals surface area contributed by atoms with Crippen LogP contribution in [0, 0.1) is 5.82 Å². The fraction of sp³-hybridized carbons (Fsp3) is 0.238. The van der Waals surface area contributed by atoms with Crippen molar-refractivity contribution in [2.24, 2.45) is 5.10 Å². The van der Waals surface area contributed by atoms with Crippen molar-refractivity contribution >= 4 is 45.7 Å². The fourth-order valence-electron chi connectivity index (χ4n) is 3.03. The summed E-state index contributed by atoms with van der Waals surface area (Å²) in [5.74, 6) is 0.948. The zero-order valence-electron chi connectivity index (χ0n) is 17.6. The molecule has 4 rings (SSSR count). The van der Waals surface area contributed by atoms with Gasteiger partial charge in [-0.1, -0.05) is 0 Å². The van der Waals surface area contributed by atoms with Crippen molar-refractivity contribution in [2.75, 3.05) is 49.1 Å². The molecule has 0 radical (unpaired) electrons. The molecule has 1 aromatic heterocycles. The largest absolute Gasteiger partial charge is 0.503 e. The second-order valence-electron chi connectivity index (χ2n) is 6.94. The van der Waals surface area contributed by atoms with Crippen LogP contribution >= 0.6 is 15.9 Å². The van der Waals surface area contributed by atoms with Crippen molar-refractivity contribution < 1.29 is 19.0 Å². The van der Waals surface area contributed by atoms with E-state index in [1.165, 1.54) is 25.5 Å². The maximum atomic E-state index is 13.2. The number of anilines is 4. The highest BCUT2D eigenvalue weighted by molar-refractivity contribution is 9.10. The number of aromatic nitrogens is 3. The molecule has 0 spiro atoms. The number of phenolic OH excluding ortho intramolecular Hbond substituents is 1. The minimum absolute atomic E-state index is 0.00624. The third kappa shape index (κ3) is 5.84. The predicted molar refractivity (Wildman–Crippen MR) is 126 cm³/mol. The second-order valence-corrected chi connectivity index (χ2v) is 7.79. The Kier molecular flexibility index (Phi) is 7.15. The summed E-state index contributed by atoms with van der Waals surface area (Å²) in [5, 5.41) is 17.2. The lowest BCUT2D eigenvalue weighted by atomic mass is 10.2. The zero-order valence-corrected chi connectivity index (χ0v) is 19.2. The lowest BCUT2D eigenvalue weighted by Gasteiger charge is -2.27. The number of rotatable bonds is 7. The first-order valence-corrected chi connectivity index (χ1v) is 10.8. The number of morpholine rings is 1. The fourth-order valence-corrected chi connectivity index (χ4v) is 3.49. The monoisotopic (exact) mass is 517 g/mol. The normalized spacial score (nSPS) is 13.8. The van der Waals surface area contributed by atoms with Crippen LogP contribution in [0.5, 0.6) is 11.5 Å². The van der Waals surface area contributed by atoms with E-state index in [4.69, 9.17) is 9.47 Å². The van der Waals surface area contributed by atoms with Crippen molar-refractivity contribution in [3.05, 3.63) is 52.3 Å². The highest BCUT2D eigenvalue weighted by atomic mass is 79.9. The van der Waals surface area contributed by atoms with E-state index in [0.717, 1.165) is 0 Å². The molecule has 0 atom stereocenters. The van der Waals surface area contributed by atoms with Crippen LogP contribution in [0.1, 0.15) is 5.56 Å². The van der Waals surface area contributed by atoms with E-state index in [-0.39, 0.29) is 23.5 Å². The molecule has 2 heterocycles. The Hall–Kier alpha value is -3.51. The van der Waals surface area contributed by atoms with Crippen LogP contribution in [0.15, 0.2) is 46.0 Å². The lowest BCUT2D eigenvalue weighted by molar-refractivity contribution is 0.122. The van der Waals surface area contributed by atoms with E-state index < -0.39 is 0 Å². The second kappa shape index (κ2) is 10.4. The number of hydrazone groups is 1. The molecule has 1 fully saturated rings. The van der Waals surface area contributed by atoms with E-state index >= 15 is 0 Å². The molecule has 0 unspecified atom stereocenters. The van der Waals surface area contributed by atoms with Crippen LogP contribution in [0.4, 0.5) is 27.9 Å². The Morgan fingerprint density at radius 1 is 1.15 bits per heavy atom. The first kappa shape index (κ1) is 22.7. The standard InChI is InChI=1S/C21H21BrFN7O3/c1-32-17-11-13(10-16(22)18(17)31)12-24-29-20-26-19(25-15-4-2-14(23)3-5-15)27-21(28-20)30-6-8-33-9-7-30/h2-5,10-12,31H,6-9H2,1H3,(H2,25,26,27,28,29). The van der Waals surface area contributed by atoms with E-state index in [9.17, 15) is 9.50 Å². The lowest BCUT2D eigenvalue weighted by Crippen LogP contribution is -2.37. The molecule has 3 N–H and O–H groups in total. The first-order valence-electron chi connectivity index (χ1n) is 9.99. The Balaban J connectivity index is 1.57. The van der Waals surface area contributed by atoms with Crippen LogP contribution < -0.4 is 20.4 Å². The van der Waals surface area contributed by atoms with Crippen molar-refractivity contribution in [1.82, 2.24) is 15.0 Å². The van der Waals surface area contributed by atoms with Crippen molar-refractivity contribution in [3.63, 3.8) is 0 Å². The van der Waals surface area contributed by atoms with Gasteiger partial charge in [-0.3, -0.25) is 0 Å². The first-order chi connectivity index (χ1) is 16.0. The minimum Gasteiger partial charge on any atom is -0.503 e. The molecule has 10 nitrogen and oxygen atoms in total. The molecule has 1 aliphatic heterocycles. The van der Waals surface area contributed by atoms with E-state index in [1.807, 2.05) is 4.90 Å². The van der Waals surface area contributed by atoms with Gasteiger partial charge in [-0.2, -0.15) is 20.1 Å². The van der Waals surface area contributed by atoms with Crippen LogP contribution in [0.3, 0.4) is 0 Å². The maximum Gasteiger partial charge on any atom is 0.250 e. The number of phenols is 1. The van der Waals surface area contributed by atoms with Gasteiger partial charge in [-0.15, -0.1) is 0 Å². The molecule has 33 heavy (non-hydrogen) atoms. The topological polar surface area (TPSA) is 117 Å². The highest BCUT2D eigenvalue weighted by Crippen LogP contribution is 2.34. The molecule has 0 bridgehead atoms. The average molecular weight is 518 g/mol. The molecule has 1 saturated heterocycles. The molecule has 2 aromatic carbocycles. The molecule has 12 heteroatoms. The number of hydrogen-bond acceptors (Lipinski definition) is 10. The molecule has 3 aromatic rings. The number of nitrogens with zero attached hydrogens (tertiary/aromatic N) is 5. The summed E-state index contributed by atoms with van der Waals surface area (Å²) in [6.07, 6.45) is 1.54. The summed E-state index contributed by atoms with van der Waals surface area (Å²) < 4.78 is 24.3. The quantitative estimate of drug-likeness (QED) is 0.319. The van der Waals surface area contributed by atoms with Crippen LogP contribution in [-0.2, 0) is 4.74 Å². The van der Waals surface area contributed by atoms with Crippen LogP contribution in [0.25, 0.3) is 0 Å². The molecule has 0 amide bonds. The molecular weight excluding hydrogens is 497 g/mol. The molecule has 172 valence electrons. The Morgan fingerprint density at radius 3 is 2.61 bits per heavy atom. The van der Waals surface area contributed by atoms with Gasteiger partial charge in [0, 0.05) is 18.8 Å². The van der Waals surface area contributed by atoms with Gasteiger partial charge in [0.2, 0.25) is 17.8 Å². The number of hydrogen-bond donors (Lipinski definition) is 3. The molecule has 0 saturated carbocycles. The summed E-state index contributed by atoms with van der Waals surface area (Å²) in [5.41, 5.74) is 4.12. The van der Waals surface area contributed by atoms with Gasteiger partial charge >= 0.3 is 0 Å². The third-order valence-electron chi connectivity index (χ3n) is 4.67. The van der Waals surface area contributed by atoms with Crippen molar-refractivity contribution in [2.45, 2.75) is 0 Å². The van der Waals surface area contributed by atoms with Gasteiger partial charge in [0.15, 0.2) is 11.5 Å². The van der Waals surface area contributed by atoms with Crippen molar-refractivity contribution in [1.29, 1.82) is 0 Å². The molecule has 1 aliphatic rings. The number of aromatic hydroxyl groups is 1. The predicted octanol–water partition coefficient (Wildman–Crippen LogP) is 3.51. The summed E-state index contributed by atoms with van der Waals surface area (Å²) in [6, 6.07) is 9.21. The van der Waals surface area contributed by atoms with Gasteiger partial charge < -0.3 is 24.8 Å². The highest BCUT2D eigenvalue weighted by Gasteiger charge is 2.17. The number of halogens is 2. The van der Waals surface area contributed by atoms with Gasteiger partial charge in [0.1, 0.15) is 5.82 Å². The van der Waals surface area contributed by atoms with Crippen molar-refractivity contribution in [3.8, 4) is 11.5 Å². The summed E-state index contributed by atoms with van der Waals surface area (Å²) in [4.78, 5) is 15.3. The van der Waals surface area contributed by atoms with Gasteiger partial charge in [0.25, 0.3) is 0 Å².